The number of nitrogens with two attached hydrogens (primary N) is 1. The van der Waals surface area contributed by atoms with Gasteiger partial charge in [-0.2, -0.15) is 0 Å². The zero-order valence-electron chi connectivity index (χ0n) is 36.4. The minimum atomic E-state index is -0.000871. The molecule has 2 aliphatic carbocycles. The lowest BCUT2D eigenvalue weighted by Gasteiger charge is -2.24. The Balaban J connectivity index is 0.943. The molecule has 7 aromatic carbocycles. The van der Waals surface area contributed by atoms with Crippen molar-refractivity contribution >= 4 is 61.3 Å². The standard InChI is InChI=1S/C60H48N4O/c1-2-51(40-19-7-4-8-20-40)62-52(38-50(61)39-17-5-3-6-18-39)41-31-34-43(35-32-41)63-54-27-13-10-23-48(54)59-44(24-15-28-56(59)63)42-33-36-55-49(37-42)45-21-9-12-26-53(45)64(55)57-29-16-25-47-46-22-11-14-30-58(46)65-60(47)57/h3-15,17-22,24,26-38,48,51H,2,16,23,25,61H2,1H3/b50-38-,62-52?. The maximum absolute atomic E-state index is 6.78. The third kappa shape index (κ3) is 6.57. The van der Waals surface area contributed by atoms with Crippen LogP contribution in [0.3, 0.4) is 0 Å². The van der Waals surface area contributed by atoms with Gasteiger partial charge in [-0.05, 0) is 114 Å². The average Bonchev–Trinajstić information content (AvgIpc) is 4.03. The van der Waals surface area contributed by atoms with E-state index in [0.29, 0.717) is 5.70 Å². The molecule has 1 aliphatic heterocycles. The molecule has 3 aliphatic rings. The van der Waals surface area contributed by atoms with Crippen molar-refractivity contribution in [3.05, 3.63) is 240 Å². The summed E-state index contributed by atoms with van der Waals surface area (Å²) in [6.45, 7) is 2.19. The summed E-state index contributed by atoms with van der Waals surface area (Å²) in [6.07, 6.45) is 15.0. The number of nitrogens with zero attached hydrogens (tertiary/aromatic N) is 3. The third-order valence-corrected chi connectivity index (χ3v) is 13.6. The van der Waals surface area contributed by atoms with E-state index >= 15 is 0 Å². The van der Waals surface area contributed by atoms with Gasteiger partial charge in [0.2, 0.25) is 0 Å². The molecule has 314 valence electrons. The first-order valence-corrected chi connectivity index (χ1v) is 22.9. The molecule has 2 unspecified atom stereocenters. The predicted octanol–water partition coefficient (Wildman–Crippen LogP) is 15.1. The minimum absolute atomic E-state index is 0.000871. The molecule has 12 rings (SSSR count). The number of fused-ring (bicyclic) bond motifs is 9. The maximum Gasteiger partial charge on any atom is 0.155 e. The number of hydrogen-bond acceptors (Lipinski definition) is 4. The fourth-order valence-electron chi connectivity index (χ4n) is 10.6. The van der Waals surface area contributed by atoms with Crippen molar-refractivity contribution in [2.24, 2.45) is 10.7 Å². The molecule has 0 radical (unpaired) electrons. The van der Waals surface area contributed by atoms with Gasteiger partial charge in [0.15, 0.2) is 5.76 Å². The Labute approximate surface area is 379 Å². The summed E-state index contributed by atoms with van der Waals surface area (Å²) in [5.41, 5.74) is 24.8. The number of benzene rings is 7. The van der Waals surface area contributed by atoms with Crippen LogP contribution in [0.2, 0.25) is 0 Å². The van der Waals surface area contributed by atoms with Crippen LogP contribution in [0, 0.1) is 0 Å². The van der Waals surface area contributed by atoms with Gasteiger partial charge in [-0.3, -0.25) is 4.99 Å². The van der Waals surface area contributed by atoms with Gasteiger partial charge in [0, 0.05) is 44.7 Å². The van der Waals surface area contributed by atoms with Crippen molar-refractivity contribution in [3.63, 3.8) is 0 Å². The summed E-state index contributed by atoms with van der Waals surface area (Å²) in [6, 6.07) is 60.7. The summed E-state index contributed by atoms with van der Waals surface area (Å²) < 4.78 is 9.06. The highest BCUT2D eigenvalue weighted by atomic mass is 16.3. The largest absolute Gasteiger partial charge is 0.454 e. The Bertz CT molecular complexity index is 3450. The van der Waals surface area contributed by atoms with Gasteiger partial charge in [-0.25, -0.2) is 0 Å². The van der Waals surface area contributed by atoms with E-state index in [-0.39, 0.29) is 12.0 Å². The number of aliphatic imine (C=N–C) groups is 1. The number of para-hydroxylation sites is 2. The highest BCUT2D eigenvalue weighted by molar-refractivity contribution is 6.13. The van der Waals surface area contributed by atoms with E-state index in [2.05, 4.69) is 180 Å². The molecule has 0 fully saturated rings. The maximum atomic E-state index is 6.78. The Kier molecular flexibility index (Phi) is 9.56. The molecule has 0 bridgehead atoms. The first kappa shape index (κ1) is 38.8. The van der Waals surface area contributed by atoms with Crippen molar-refractivity contribution in [1.29, 1.82) is 0 Å². The molecule has 0 saturated heterocycles. The summed E-state index contributed by atoms with van der Waals surface area (Å²) in [7, 11) is 0. The molecular weight excluding hydrogens is 793 g/mol. The van der Waals surface area contributed by atoms with Gasteiger partial charge >= 0.3 is 0 Å². The fourth-order valence-corrected chi connectivity index (χ4v) is 10.6. The van der Waals surface area contributed by atoms with E-state index in [1.54, 1.807) is 0 Å². The van der Waals surface area contributed by atoms with Crippen LogP contribution in [-0.4, -0.2) is 10.3 Å². The second kappa shape index (κ2) is 16.0. The summed E-state index contributed by atoms with van der Waals surface area (Å²) in [5.74, 6) is 1.21. The Hall–Kier alpha value is -7.89. The second-order valence-electron chi connectivity index (χ2n) is 17.4. The Morgan fingerprint density at radius 1 is 0.754 bits per heavy atom. The van der Waals surface area contributed by atoms with Crippen LogP contribution in [0.1, 0.15) is 71.7 Å². The molecule has 5 heteroatoms. The lowest BCUT2D eigenvalue weighted by Crippen LogP contribution is -2.14. The topological polar surface area (TPSA) is 59.7 Å². The molecule has 0 spiro atoms. The molecule has 2 atom stereocenters. The van der Waals surface area contributed by atoms with E-state index in [1.807, 2.05) is 36.4 Å². The minimum Gasteiger partial charge on any atom is -0.454 e. The van der Waals surface area contributed by atoms with E-state index < -0.39 is 0 Å². The van der Waals surface area contributed by atoms with Crippen molar-refractivity contribution in [2.45, 2.75) is 44.6 Å². The van der Waals surface area contributed by atoms with Gasteiger partial charge in [0.1, 0.15) is 5.58 Å². The smallest absolute Gasteiger partial charge is 0.155 e. The molecule has 0 saturated carbocycles. The van der Waals surface area contributed by atoms with Crippen LogP contribution in [0.4, 0.5) is 11.4 Å². The molecule has 5 nitrogen and oxygen atoms in total. The van der Waals surface area contributed by atoms with Gasteiger partial charge in [-0.15, -0.1) is 0 Å². The Morgan fingerprint density at radius 2 is 1.51 bits per heavy atom. The second-order valence-corrected chi connectivity index (χ2v) is 17.4. The average molecular weight is 841 g/mol. The zero-order chi connectivity index (χ0) is 43.4. The van der Waals surface area contributed by atoms with Crippen LogP contribution >= 0.6 is 0 Å². The summed E-state index contributed by atoms with van der Waals surface area (Å²) >= 11 is 0. The van der Waals surface area contributed by atoms with Crippen molar-refractivity contribution in [1.82, 2.24) is 4.57 Å². The number of furan rings is 1. The quantitative estimate of drug-likeness (QED) is 0.147. The van der Waals surface area contributed by atoms with E-state index in [1.165, 1.54) is 66.4 Å². The zero-order valence-corrected chi connectivity index (χ0v) is 36.4. The fraction of sp³-hybridized carbons (Fsp3) is 0.117. The molecule has 2 aromatic heterocycles. The van der Waals surface area contributed by atoms with Crippen LogP contribution in [0.5, 0.6) is 0 Å². The van der Waals surface area contributed by atoms with Gasteiger partial charge in [0.05, 0.1) is 34.2 Å². The third-order valence-electron chi connectivity index (χ3n) is 13.6. The monoisotopic (exact) mass is 840 g/mol. The number of aryl methyl sites for hydroxylation is 1. The normalized spacial score (nSPS) is 16.4. The van der Waals surface area contributed by atoms with Gasteiger partial charge < -0.3 is 19.6 Å². The van der Waals surface area contributed by atoms with Gasteiger partial charge in [-0.1, -0.05) is 153 Å². The predicted molar refractivity (Wildman–Crippen MR) is 271 cm³/mol. The van der Waals surface area contributed by atoms with Crippen LogP contribution in [0.15, 0.2) is 215 Å². The highest BCUT2D eigenvalue weighted by Crippen LogP contribution is 2.54. The molecule has 0 amide bonds. The van der Waals surface area contributed by atoms with Crippen molar-refractivity contribution in [2.75, 3.05) is 4.90 Å². The molecule has 3 heterocycles. The summed E-state index contributed by atoms with van der Waals surface area (Å²) in [5, 5.41) is 3.69. The first-order valence-electron chi connectivity index (χ1n) is 22.9. The van der Waals surface area contributed by atoms with Crippen LogP contribution < -0.4 is 10.6 Å². The highest BCUT2D eigenvalue weighted by Gasteiger charge is 2.37. The van der Waals surface area contributed by atoms with Crippen molar-refractivity contribution < 1.29 is 4.42 Å². The van der Waals surface area contributed by atoms with Crippen molar-refractivity contribution in [3.8, 4) is 11.1 Å². The van der Waals surface area contributed by atoms with E-state index in [9.17, 15) is 0 Å². The Morgan fingerprint density at radius 3 is 2.34 bits per heavy atom. The number of aromatic nitrogens is 1. The lowest BCUT2D eigenvalue weighted by atomic mass is 9.86. The lowest BCUT2D eigenvalue weighted by molar-refractivity contribution is 0.585. The molecular formula is C60H48N4O. The SMILES string of the molecule is CCC(N=C(/C=C(\N)c1ccccc1)c1ccc(N2C3=CC=CCC3c3c(-c4ccc5c(c4)c4ccccc4n5C4=CCCc5c4oc4ccccc54)cccc32)cc1)c1ccccc1. The van der Waals surface area contributed by atoms with E-state index in [4.69, 9.17) is 15.1 Å². The number of hydrogen-bond donors (Lipinski definition) is 1. The molecule has 65 heavy (non-hydrogen) atoms. The van der Waals surface area contributed by atoms with Gasteiger partial charge in [0.25, 0.3) is 0 Å². The summed E-state index contributed by atoms with van der Waals surface area (Å²) in [4.78, 5) is 7.84. The van der Waals surface area contributed by atoms with Crippen LogP contribution in [0.25, 0.3) is 55.3 Å². The number of anilines is 2. The molecule has 9 aromatic rings. The van der Waals surface area contributed by atoms with E-state index in [0.717, 1.165) is 65.2 Å². The number of rotatable bonds is 9. The first-order chi connectivity index (χ1) is 32.1. The molecule has 2 N–H and O–H groups in total. The number of allylic oxidation sites excluding steroid dienone is 6. The van der Waals surface area contributed by atoms with Crippen LogP contribution in [-0.2, 0) is 6.42 Å².